The van der Waals surface area contributed by atoms with Crippen molar-refractivity contribution in [2.75, 3.05) is 20.3 Å². The van der Waals surface area contributed by atoms with Gasteiger partial charge in [-0.3, -0.25) is 4.79 Å². The lowest BCUT2D eigenvalue weighted by Gasteiger charge is -2.23. The molecule has 1 unspecified atom stereocenters. The quantitative estimate of drug-likeness (QED) is 0.662. The number of aliphatic hydroxyl groups is 1. The monoisotopic (exact) mass is 231 g/mol. The average molecular weight is 231 g/mol. The van der Waals surface area contributed by atoms with Crippen molar-refractivity contribution >= 4 is 5.91 Å². The highest BCUT2D eigenvalue weighted by molar-refractivity contribution is 5.75. The Bertz CT molecular complexity index is 204. The lowest BCUT2D eigenvalue weighted by atomic mass is 9.90. The standard InChI is InChI=1S/C12H25NO3/c1-10(16-4)5-6-11(15)13-9-12(2,3)7-8-14/h10,14H,5-9H2,1-4H3,(H,13,15). The zero-order valence-corrected chi connectivity index (χ0v) is 10.9. The second-order valence-corrected chi connectivity index (χ2v) is 5.00. The fraction of sp³-hybridized carbons (Fsp3) is 0.917. The zero-order valence-electron chi connectivity index (χ0n) is 10.9. The second kappa shape index (κ2) is 7.63. The van der Waals surface area contributed by atoms with Crippen LogP contribution in [-0.2, 0) is 9.53 Å². The molecular formula is C12H25NO3. The topological polar surface area (TPSA) is 58.6 Å². The van der Waals surface area contributed by atoms with Crippen LogP contribution in [0.15, 0.2) is 0 Å². The van der Waals surface area contributed by atoms with Crippen LogP contribution in [0.1, 0.15) is 40.0 Å². The van der Waals surface area contributed by atoms with Gasteiger partial charge in [-0.2, -0.15) is 0 Å². The number of ether oxygens (including phenoxy) is 1. The molecule has 1 amide bonds. The Morgan fingerprint density at radius 2 is 2.12 bits per heavy atom. The summed E-state index contributed by atoms with van der Waals surface area (Å²) >= 11 is 0. The van der Waals surface area contributed by atoms with Gasteiger partial charge in [0.05, 0.1) is 6.10 Å². The van der Waals surface area contributed by atoms with Gasteiger partial charge in [-0.25, -0.2) is 0 Å². The summed E-state index contributed by atoms with van der Waals surface area (Å²) in [6.45, 7) is 6.77. The van der Waals surface area contributed by atoms with Gasteiger partial charge in [-0.15, -0.1) is 0 Å². The molecule has 0 spiro atoms. The average Bonchev–Trinajstić information content (AvgIpc) is 2.23. The van der Waals surface area contributed by atoms with Crippen LogP contribution in [0.3, 0.4) is 0 Å². The largest absolute Gasteiger partial charge is 0.396 e. The Balaban J connectivity index is 3.72. The molecule has 0 radical (unpaired) electrons. The van der Waals surface area contributed by atoms with Gasteiger partial charge in [0.15, 0.2) is 0 Å². The summed E-state index contributed by atoms with van der Waals surface area (Å²) in [5.74, 6) is 0.0508. The third kappa shape index (κ3) is 7.65. The van der Waals surface area contributed by atoms with E-state index in [1.165, 1.54) is 0 Å². The van der Waals surface area contributed by atoms with Crippen LogP contribution in [0, 0.1) is 5.41 Å². The third-order valence-electron chi connectivity index (χ3n) is 2.73. The summed E-state index contributed by atoms with van der Waals surface area (Å²) in [5, 5.41) is 11.7. The van der Waals surface area contributed by atoms with E-state index >= 15 is 0 Å². The molecule has 0 aromatic carbocycles. The van der Waals surface area contributed by atoms with Gasteiger partial charge in [0.2, 0.25) is 5.91 Å². The lowest BCUT2D eigenvalue weighted by molar-refractivity contribution is -0.122. The van der Waals surface area contributed by atoms with E-state index in [9.17, 15) is 4.79 Å². The molecule has 2 N–H and O–H groups in total. The van der Waals surface area contributed by atoms with Gasteiger partial charge < -0.3 is 15.2 Å². The number of hydrogen-bond donors (Lipinski definition) is 2. The van der Waals surface area contributed by atoms with Gasteiger partial charge in [0.1, 0.15) is 0 Å². The van der Waals surface area contributed by atoms with E-state index in [1.54, 1.807) is 7.11 Å². The molecule has 4 nitrogen and oxygen atoms in total. The van der Waals surface area contributed by atoms with Crippen molar-refractivity contribution in [1.29, 1.82) is 0 Å². The number of nitrogens with one attached hydrogen (secondary N) is 1. The summed E-state index contributed by atoms with van der Waals surface area (Å²) in [7, 11) is 1.65. The minimum Gasteiger partial charge on any atom is -0.396 e. The lowest BCUT2D eigenvalue weighted by Crippen LogP contribution is -2.34. The SMILES string of the molecule is COC(C)CCC(=O)NCC(C)(C)CCO. The van der Waals surface area contributed by atoms with Crippen molar-refractivity contribution in [3.8, 4) is 0 Å². The van der Waals surface area contributed by atoms with E-state index in [0.29, 0.717) is 19.4 Å². The van der Waals surface area contributed by atoms with Gasteiger partial charge in [-0.05, 0) is 25.2 Å². The van der Waals surface area contributed by atoms with Crippen LogP contribution in [0.4, 0.5) is 0 Å². The van der Waals surface area contributed by atoms with Crippen molar-refractivity contribution in [2.45, 2.75) is 46.1 Å². The minimum atomic E-state index is -0.0444. The number of carbonyl (C=O) groups excluding carboxylic acids is 1. The van der Waals surface area contributed by atoms with E-state index in [4.69, 9.17) is 9.84 Å². The molecule has 0 saturated heterocycles. The third-order valence-corrected chi connectivity index (χ3v) is 2.73. The minimum absolute atomic E-state index is 0.0444. The molecule has 0 heterocycles. The molecular weight excluding hydrogens is 206 g/mol. The van der Waals surface area contributed by atoms with Crippen molar-refractivity contribution < 1.29 is 14.6 Å². The first-order valence-electron chi connectivity index (χ1n) is 5.81. The molecule has 0 aliphatic rings. The number of hydrogen-bond acceptors (Lipinski definition) is 3. The number of methoxy groups -OCH3 is 1. The predicted molar refractivity (Wildman–Crippen MR) is 64.2 cm³/mol. The van der Waals surface area contributed by atoms with Crippen LogP contribution in [0.5, 0.6) is 0 Å². The van der Waals surface area contributed by atoms with Gasteiger partial charge in [0, 0.05) is 26.7 Å². The molecule has 1 atom stereocenters. The molecule has 0 saturated carbocycles. The van der Waals surface area contributed by atoms with Crippen LogP contribution in [-0.4, -0.2) is 37.4 Å². The Labute approximate surface area is 98.4 Å². The maximum atomic E-state index is 11.5. The van der Waals surface area contributed by atoms with Crippen molar-refractivity contribution in [2.24, 2.45) is 5.41 Å². The first kappa shape index (κ1) is 15.4. The first-order chi connectivity index (χ1) is 7.41. The van der Waals surface area contributed by atoms with Gasteiger partial charge in [-0.1, -0.05) is 13.8 Å². The summed E-state index contributed by atoms with van der Waals surface area (Å²) in [4.78, 5) is 11.5. The van der Waals surface area contributed by atoms with Crippen molar-refractivity contribution in [1.82, 2.24) is 5.32 Å². The van der Waals surface area contributed by atoms with Crippen LogP contribution >= 0.6 is 0 Å². The second-order valence-electron chi connectivity index (χ2n) is 5.00. The van der Waals surface area contributed by atoms with Crippen molar-refractivity contribution in [3.63, 3.8) is 0 Å². The molecule has 0 rings (SSSR count). The Morgan fingerprint density at radius 3 is 2.62 bits per heavy atom. The number of amides is 1. The molecule has 96 valence electrons. The smallest absolute Gasteiger partial charge is 0.220 e. The highest BCUT2D eigenvalue weighted by atomic mass is 16.5. The normalized spacial score (nSPS) is 13.6. The molecule has 0 aromatic rings. The summed E-state index contributed by atoms with van der Waals surface area (Å²) in [6.07, 6.45) is 2.05. The first-order valence-corrected chi connectivity index (χ1v) is 5.81. The zero-order chi connectivity index (χ0) is 12.6. The molecule has 0 aliphatic carbocycles. The number of rotatable bonds is 8. The van der Waals surface area contributed by atoms with Crippen LogP contribution in [0.25, 0.3) is 0 Å². The number of carbonyl (C=O) groups is 1. The molecule has 4 heteroatoms. The van der Waals surface area contributed by atoms with Gasteiger partial charge in [0.25, 0.3) is 0 Å². The Morgan fingerprint density at radius 1 is 1.50 bits per heavy atom. The summed E-state index contributed by atoms with van der Waals surface area (Å²) < 4.78 is 5.07. The number of aliphatic hydroxyl groups excluding tert-OH is 1. The van der Waals surface area contributed by atoms with Crippen molar-refractivity contribution in [3.05, 3.63) is 0 Å². The molecule has 0 fully saturated rings. The molecule has 16 heavy (non-hydrogen) atoms. The highest BCUT2D eigenvalue weighted by Crippen LogP contribution is 2.17. The fourth-order valence-electron chi connectivity index (χ4n) is 1.27. The Kier molecular flexibility index (Phi) is 7.34. The maximum Gasteiger partial charge on any atom is 0.220 e. The van der Waals surface area contributed by atoms with E-state index in [-0.39, 0.29) is 24.0 Å². The molecule has 0 bridgehead atoms. The predicted octanol–water partition coefficient (Wildman–Crippen LogP) is 1.33. The highest BCUT2D eigenvalue weighted by Gasteiger charge is 2.18. The van der Waals surface area contributed by atoms with Crippen LogP contribution in [0.2, 0.25) is 0 Å². The fourth-order valence-corrected chi connectivity index (χ4v) is 1.27. The van der Waals surface area contributed by atoms with Crippen LogP contribution < -0.4 is 5.32 Å². The summed E-state index contributed by atoms with van der Waals surface area (Å²) in [5.41, 5.74) is -0.0444. The van der Waals surface area contributed by atoms with E-state index in [2.05, 4.69) is 5.32 Å². The van der Waals surface area contributed by atoms with E-state index in [0.717, 1.165) is 6.42 Å². The van der Waals surface area contributed by atoms with E-state index in [1.807, 2.05) is 20.8 Å². The maximum absolute atomic E-state index is 11.5. The van der Waals surface area contributed by atoms with E-state index < -0.39 is 0 Å². The molecule has 0 aliphatic heterocycles. The Hall–Kier alpha value is -0.610. The molecule has 0 aromatic heterocycles. The summed E-state index contributed by atoms with van der Waals surface area (Å²) in [6, 6.07) is 0. The van der Waals surface area contributed by atoms with Gasteiger partial charge >= 0.3 is 0 Å².